The summed E-state index contributed by atoms with van der Waals surface area (Å²) in [6.07, 6.45) is 0. The van der Waals surface area contributed by atoms with E-state index in [4.69, 9.17) is 0 Å². The van der Waals surface area contributed by atoms with Gasteiger partial charge < -0.3 is 0 Å². The maximum absolute atomic E-state index is 2.43. The zero-order valence-corrected chi connectivity index (χ0v) is 27.5. The van der Waals surface area contributed by atoms with E-state index in [0.717, 1.165) is 0 Å². The van der Waals surface area contributed by atoms with Crippen molar-refractivity contribution in [3.63, 3.8) is 0 Å². The fourth-order valence-electron chi connectivity index (χ4n) is 8.13. The van der Waals surface area contributed by atoms with E-state index in [9.17, 15) is 0 Å². The maximum atomic E-state index is 2.43. The van der Waals surface area contributed by atoms with Gasteiger partial charge in [0.25, 0.3) is 0 Å². The van der Waals surface area contributed by atoms with E-state index in [1.165, 1.54) is 98.4 Å². The molecule has 50 heavy (non-hydrogen) atoms. The van der Waals surface area contributed by atoms with Crippen molar-refractivity contribution < 1.29 is 0 Å². The second-order valence-electron chi connectivity index (χ2n) is 13.2. The van der Waals surface area contributed by atoms with Crippen molar-refractivity contribution in [3.8, 4) is 44.5 Å². The molecule has 0 bridgehead atoms. The smallest absolute Gasteiger partial charge is 0.00199 e. The molecule has 0 aliphatic carbocycles. The number of hydrogen-bond donors (Lipinski definition) is 0. The molecule has 10 aromatic rings. The molecule has 0 atom stereocenters. The van der Waals surface area contributed by atoms with Crippen LogP contribution in [0.2, 0.25) is 0 Å². The van der Waals surface area contributed by atoms with Gasteiger partial charge >= 0.3 is 0 Å². The number of hydrogen-bond acceptors (Lipinski definition) is 0. The van der Waals surface area contributed by atoms with Crippen LogP contribution in [0.1, 0.15) is 0 Å². The van der Waals surface area contributed by atoms with Crippen LogP contribution in [-0.4, -0.2) is 0 Å². The van der Waals surface area contributed by atoms with Gasteiger partial charge in [0.1, 0.15) is 0 Å². The van der Waals surface area contributed by atoms with Gasteiger partial charge in [-0.3, -0.25) is 0 Å². The lowest BCUT2D eigenvalue weighted by molar-refractivity contribution is 1.63. The van der Waals surface area contributed by atoms with Gasteiger partial charge in [-0.05, 0) is 111 Å². The van der Waals surface area contributed by atoms with Crippen molar-refractivity contribution in [1.82, 2.24) is 0 Å². The Kier molecular flexibility index (Phi) is 6.60. The summed E-state index contributed by atoms with van der Waals surface area (Å²) < 4.78 is 0. The zero-order valence-electron chi connectivity index (χ0n) is 27.5. The lowest BCUT2D eigenvalue weighted by atomic mass is 9.82. The Morgan fingerprint density at radius 2 is 0.640 bits per heavy atom. The third-order valence-corrected chi connectivity index (χ3v) is 10.4. The van der Waals surface area contributed by atoms with Crippen LogP contribution in [-0.2, 0) is 0 Å². The van der Waals surface area contributed by atoms with Crippen molar-refractivity contribution in [2.45, 2.75) is 0 Å². The van der Waals surface area contributed by atoms with Crippen LogP contribution in [0.4, 0.5) is 0 Å². The molecule has 0 aliphatic heterocycles. The summed E-state index contributed by atoms with van der Waals surface area (Å²) in [7, 11) is 0. The molecule has 0 nitrogen and oxygen atoms in total. The fourth-order valence-corrected chi connectivity index (χ4v) is 8.13. The van der Waals surface area contributed by atoms with Gasteiger partial charge in [-0.25, -0.2) is 0 Å². The molecule has 0 spiro atoms. The average Bonchev–Trinajstić information content (AvgIpc) is 3.20. The van der Waals surface area contributed by atoms with E-state index >= 15 is 0 Å². The lowest BCUT2D eigenvalue weighted by Crippen LogP contribution is -1.94. The first-order valence-electron chi connectivity index (χ1n) is 17.4. The molecule has 0 saturated heterocycles. The van der Waals surface area contributed by atoms with Gasteiger partial charge in [0.15, 0.2) is 0 Å². The highest BCUT2D eigenvalue weighted by molar-refractivity contribution is 6.27. The minimum atomic E-state index is 1.22. The van der Waals surface area contributed by atoms with Crippen molar-refractivity contribution in [2.75, 3.05) is 0 Å². The molecule has 0 heteroatoms. The molecule has 0 amide bonds. The predicted molar refractivity (Wildman–Crippen MR) is 216 cm³/mol. The zero-order chi connectivity index (χ0) is 33.0. The van der Waals surface area contributed by atoms with E-state index in [2.05, 4.69) is 194 Å². The first-order chi connectivity index (χ1) is 24.8. The van der Waals surface area contributed by atoms with Crippen LogP contribution >= 0.6 is 0 Å². The van der Waals surface area contributed by atoms with Crippen LogP contribution in [0.25, 0.3) is 98.4 Å². The summed E-state index contributed by atoms with van der Waals surface area (Å²) in [4.78, 5) is 0. The van der Waals surface area contributed by atoms with E-state index < -0.39 is 0 Å². The molecule has 0 N–H and O–H groups in total. The standard InChI is InChI=1S/C50H32/c1-3-13-33(14-4-1)37-27-30-46-47(31-37)49(43-23-11-19-35-17-7-10-21-40(35)43)45-29-26-38(34-15-5-2-6-16-34)32-48(45)50(46)44-24-12-22-41-39-20-9-8-18-36(39)25-28-42(41)44/h1-32H. The van der Waals surface area contributed by atoms with E-state index in [0.29, 0.717) is 0 Å². The highest BCUT2D eigenvalue weighted by Gasteiger charge is 2.21. The van der Waals surface area contributed by atoms with Crippen LogP contribution in [0.5, 0.6) is 0 Å². The highest BCUT2D eigenvalue weighted by atomic mass is 14.2. The summed E-state index contributed by atoms with van der Waals surface area (Å²) in [5.41, 5.74) is 9.93. The monoisotopic (exact) mass is 632 g/mol. The van der Waals surface area contributed by atoms with Crippen molar-refractivity contribution in [3.05, 3.63) is 194 Å². The Morgan fingerprint density at radius 1 is 0.200 bits per heavy atom. The second kappa shape index (κ2) is 11.6. The quantitative estimate of drug-likeness (QED) is 0.134. The van der Waals surface area contributed by atoms with Gasteiger partial charge in [0.2, 0.25) is 0 Å². The molecule has 0 saturated carbocycles. The van der Waals surface area contributed by atoms with Crippen molar-refractivity contribution in [1.29, 1.82) is 0 Å². The predicted octanol–water partition coefficient (Wildman–Crippen LogP) is 14.1. The third kappa shape index (κ3) is 4.54. The summed E-state index contributed by atoms with van der Waals surface area (Å²) in [5, 5.41) is 12.6. The molecule has 0 aliphatic rings. The van der Waals surface area contributed by atoms with E-state index in [1.54, 1.807) is 0 Å². The first kappa shape index (κ1) is 28.5. The first-order valence-corrected chi connectivity index (χ1v) is 17.4. The number of rotatable bonds is 4. The summed E-state index contributed by atoms with van der Waals surface area (Å²) >= 11 is 0. The lowest BCUT2D eigenvalue weighted by Gasteiger charge is -2.21. The Bertz CT molecular complexity index is 2890. The Hall–Kier alpha value is -6.50. The highest BCUT2D eigenvalue weighted by Crippen LogP contribution is 2.48. The van der Waals surface area contributed by atoms with Crippen molar-refractivity contribution in [2.24, 2.45) is 0 Å². The van der Waals surface area contributed by atoms with Gasteiger partial charge in [0.05, 0.1) is 0 Å². The molecule has 0 heterocycles. The van der Waals surface area contributed by atoms with Crippen LogP contribution in [0.3, 0.4) is 0 Å². The minimum Gasteiger partial charge on any atom is -0.0622 e. The van der Waals surface area contributed by atoms with E-state index in [1.807, 2.05) is 0 Å². The Balaban J connectivity index is 1.41. The normalized spacial score (nSPS) is 11.6. The fraction of sp³-hybridized carbons (Fsp3) is 0. The SMILES string of the molecule is c1ccc(-c2ccc3c(-c4cccc5c4ccc4ccccc45)c4cc(-c5ccccc5)ccc4c(-c4cccc5ccccc45)c3c2)cc1. The molecular weight excluding hydrogens is 601 g/mol. The van der Waals surface area contributed by atoms with Gasteiger partial charge in [-0.2, -0.15) is 0 Å². The second-order valence-corrected chi connectivity index (χ2v) is 13.2. The molecule has 10 aromatic carbocycles. The maximum Gasteiger partial charge on any atom is -0.00199 e. The van der Waals surface area contributed by atoms with E-state index in [-0.39, 0.29) is 0 Å². The van der Waals surface area contributed by atoms with Crippen molar-refractivity contribution >= 4 is 53.9 Å². The van der Waals surface area contributed by atoms with Gasteiger partial charge in [-0.15, -0.1) is 0 Å². The van der Waals surface area contributed by atoms with Gasteiger partial charge in [0, 0.05) is 0 Å². The topological polar surface area (TPSA) is 0 Å². The van der Waals surface area contributed by atoms with Crippen LogP contribution in [0.15, 0.2) is 194 Å². The summed E-state index contributed by atoms with van der Waals surface area (Å²) in [6.45, 7) is 0. The van der Waals surface area contributed by atoms with Gasteiger partial charge in [-0.1, -0.05) is 182 Å². The summed E-state index contributed by atoms with van der Waals surface area (Å²) in [5.74, 6) is 0. The molecule has 0 radical (unpaired) electrons. The average molecular weight is 633 g/mol. The van der Waals surface area contributed by atoms with Crippen LogP contribution in [0, 0.1) is 0 Å². The minimum absolute atomic E-state index is 1.22. The molecule has 0 aromatic heterocycles. The summed E-state index contributed by atoms with van der Waals surface area (Å²) in [6, 6.07) is 71.4. The third-order valence-electron chi connectivity index (χ3n) is 10.4. The molecule has 10 rings (SSSR count). The van der Waals surface area contributed by atoms with Crippen LogP contribution < -0.4 is 0 Å². The Labute approximate surface area is 291 Å². The molecular formula is C50H32. The number of fused-ring (bicyclic) bond motifs is 6. The number of benzene rings is 10. The Morgan fingerprint density at radius 3 is 1.26 bits per heavy atom. The largest absolute Gasteiger partial charge is 0.0622 e. The molecule has 232 valence electrons. The molecule has 0 fully saturated rings. The molecule has 0 unspecified atom stereocenters.